The van der Waals surface area contributed by atoms with Crippen molar-refractivity contribution in [1.29, 1.82) is 0 Å². The minimum absolute atomic E-state index is 0.263. The number of carbonyl (C=O) groups excluding carboxylic acids is 2. The lowest BCUT2D eigenvalue weighted by molar-refractivity contribution is -0.119. The molecule has 0 spiro atoms. The largest absolute Gasteiger partial charge is 0.452 e. The summed E-state index contributed by atoms with van der Waals surface area (Å²) in [6, 6.07) is 6.03. The van der Waals surface area contributed by atoms with Crippen LogP contribution in [-0.4, -0.2) is 29.9 Å². The number of ether oxygens (including phenoxy) is 1. The zero-order chi connectivity index (χ0) is 20.1. The highest BCUT2D eigenvalue weighted by Gasteiger charge is 2.21. The third kappa shape index (κ3) is 4.86. The Morgan fingerprint density at radius 1 is 1.15 bits per heavy atom. The van der Waals surface area contributed by atoms with E-state index in [2.05, 4.69) is 42.7 Å². The molecule has 0 saturated carbocycles. The molecule has 2 N–H and O–H groups in total. The summed E-state index contributed by atoms with van der Waals surface area (Å²) in [6.07, 6.45) is 0. The molecule has 2 aromatic rings. The van der Waals surface area contributed by atoms with Crippen LogP contribution < -0.4 is 10.6 Å². The summed E-state index contributed by atoms with van der Waals surface area (Å²) in [6.45, 7) is 9.73. The van der Waals surface area contributed by atoms with Gasteiger partial charge in [0, 0.05) is 12.7 Å². The number of nitrogens with zero attached hydrogens (tertiary/aromatic N) is 1. The summed E-state index contributed by atoms with van der Waals surface area (Å²) in [7, 11) is 1.72. The van der Waals surface area contributed by atoms with Crippen LogP contribution in [0.2, 0.25) is 0 Å². The van der Waals surface area contributed by atoms with E-state index in [9.17, 15) is 9.59 Å². The molecule has 1 amide bonds. The van der Waals surface area contributed by atoms with Crippen LogP contribution in [-0.2, 0) is 9.53 Å². The molecule has 0 saturated heterocycles. The van der Waals surface area contributed by atoms with Crippen molar-refractivity contribution in [3.05, 3.63) is 40.6 Å². The number of para-hydroxylation sites is 1. The van der Waals surface area contributed by atoms with Crippen molar-refractivity contribution in [2.24, 2.45) is 0 Å². The summed E-state index contributed by atoms with van der Waals surface area (Å²) >= 11 is 1.19. The molecule has 1 aromatic heterocycles. The van der Waals surface area contributed by atoms with Crippen molar-refractivity contribution in [1.82, 2.24) is 4.37 Å². The summed E-state index contributed by atoms with van der Waals surface area (Å²) in [5.41, 5.74) is 3.91. The molecule has 1 heterocycles. The summed E-state index contributed by atoms with van der Waals surface area (Å²) < 4.78 is 9.36. The molecule has 0 aliphatic rings. The van der Waals surface area contributed by atoms with Crippen molar-refractivity contribution < 1.29 is 14.3 Å². The zero-order valence-electron chi connectivity index (χ0n) is 16.7. The van der Waals surface area contributed by atoms with Gasteiger partial charge in [-0.15, -0.1) is 0 Å². The van der Waals surface area contributed by atoms with Crippen LogP contribution in [0.5, 0.6) is 0 Å². The van der Waals surface area contributed by atoms with Gasteiger partial charge in [-0.2, -0.15) is 4.37 Å². The quantitative estimate of drug-likeness (QED) is 0.680. The maximum absolute atomic E-state index is 12.5. The molecule has 7 heteroatoms. The Labute approximate surface area is 164 Å². The van der Waals surface area contributed by atoms with Crippen LogP contribution in [0.25, 0.3) is 0 Å². The molecular formula is C20H27N3O3S. The Bertz CT molecular complexity index is 802. The maximum atomic E-state index is 12.5. The number of esters is 1. The van der Waals surface area contributed by atoms with Gasteiger partial charge in [0.05, 0.1) is 5.69 Å². The highest BCUT2D eigenvalue weighted by atomic mass is 32.1. The van der Waals surface area contributed by atoms with E-state index in [-0.39, 0.29) is 24.3 Å². The first kappa shape index (κ1) is 20.9. The second kappa shape index (κ2) is 8.99. The number of amides is 1. The highest BCUT2D eigenvalue weighted by molar-refractivity contribution is 7.10. The van der Waals surface area contributed by atoms with Crippen LogP contribution in [0.4, 0.5) is 10.7 Å². The number of benzene rings is 1. The Hall–Kier alpha value is -2.41. The number of rotatable bonds is 7. The molecule has 0 aliphatic heterocycles. The van der Waals surface area contributed by atoms with Gasteiger partial charge in [-0.1, -0.05) is 45.9 Å². The average Bonchev–Trinajstić information content (AvgIpc) is 3.00. The van der Waals surface area contributed by atoms with Crippen LogP contribution >= 0.6 is 11.5 Å². The Kier molecular flexibility index (Phi) is 6.96. The van der Waals surface area contributed by atoms with Gasteiger partial charge in [0.15, 0.2) is 6.61 Å². The molecule has 2 rings (SSSR count). The topological polar surface area (TPSA) is 80.3 Å². The number of hydrogen-bond donors (Lipinski definition) is 2. The predicted octanol–water partition coefficient (Wildman–Crippen LogP) is 4.54. The molecule has 0 atom stereocenters. The monoisotopic (exact) mass is 389 g/mol. The Morgan fingerprint density at radius 3 is 2.26 bits per heavy atom. The van der Waals surface area contributed by atoms with E-state index < -0.39 is 5.97 Å². The molecule has 146 valence electrons. The molecule has 0 radical (unpaired) electrons. The first-order valence-corrected chi connectivity index (χ1v) is 9.77. The number of hydrogen-bond acceptors (Lipinski definition) is 6. The summed E-state index contributed by atoms with van der Waals surface area (Å²) in [5.74, 6) is -0.384. The van der Waals surface area contributed by atoms with E-state index >= 15 is 0 Å². The van der Waals surface area contributed by atoms with E-state index in [1.807, 2.05) is 18.2 Å². The molecule has 6 nitrogen and oxygen atoms in total. The minimum atomic E-state index is -0.554. The minimum Gasteiger partial charge on any atom is -0.452 e. The number of nitrogens with one attached hydrogen (secondary N) is 2. The van der Waals surface area contributed by atoms with E-state index in [4.69, 9.17) is 4.74 Å². The van der Waals surface area contributed by atoms with E-state index in [1.165, 1.54) is 11.5 Å². The molecule has 1 aromatic carbocycles. The number of anilines is 2. The van der Waals surface area contributed by atoms with Gasteiger partial charge >= 0.3 is 5.97 Å². The lowest BCUT2D eigenvalue weighted by Crippen LogP contribution is -2.23. The fourth-order valence-electron chi connectivity index (χ4n) is 2.85. The second-order valence-corrected chi connectivity index (χ2v) is 7.74. The summed E-state index contributed by atoms with van der Waals surface area (Å²) in [5, 5.41) is 6.49. The number of aryl methyl sites for hydroxylation is 1. The van der Waals surface area contributed by atoms with Gasteiger partial charge in [0.25, 0.3) is 5.91 Å². The van der Waals surface area contributed by atoms with Crippen LogP contribution in [0.3, 0.4) is 0 Å². The Balaban J connectivity index is 2.12. The first-order chi connectivity index (χ1) is 12.8. The molecule has 0 aliphatic carbocycles. The van der Waals surface area contributed by atoms with Gasteiger partial charge < -0.3 is 15.4 Å². The van der Waals surface area contributed by atoms with Crippen LogP contribution in [0, 0.1) is 6.92 Å². The van der Waals surface area contributed by atoms with Gasteiger partial charge in [-0.25, -0.2) is 4.79 Å². The van der Waals surface area contributed by atoms with Crippen LogP contribution in [0.15, 0.2) is 18.2 Å². The van der Waals surface area contributed by atoms with Crippen molar-refractivity contribution in [3.8, 4) is 0 Å². The average molecular weight is 390 g/mol. The fraction of sp³-hybridized carbons (Fsp3) is 0.450. The van der Waals surface area contributed by atoms with Gasteiger partial charge in [-0.05, 0) is 41.4 Å². The lowest BCUT2D eigenvalue weighted by Gasteiger charge is -2.20. The van der Waals surface area contributed by atoms with E-state index in [0.717, 1.165) is 16.8 Å². The first-order valence-electron chi connectivity index (χ1n) is 9.00. The SMILES string of the molecule is CNc1snc(C)c1C(=O)OCC(=O)Nc1c(C(C)C)cccc1C(C)C. The van der Waals surface area contributed by atoms with Gasteiger partial charge in [-0.3, -0.25) is 4.79 Å². The second-order valence-electron chi connectivity index (χ2n) is 6.97. The number of carbonyl (C=O) groups is 2. The number of aromatic nitrogens is 1. The molecular weight excluding hydrogens is 362 g/mol. The third-order valence-electron chi connectivity index (χ3n) is 4.27. The molecule has 27 heavy (non-hydrogen) atoms. The van der Waals surface area contributed by atoms with Crippen molar-refractivity contribution in [2.45, 2.75) is 46.5 Å². The molecule has 0 fully saturated rings. The zero-order valence-corrected chi connectivity index (χ0v) is 17.5. The highest BCUT2D eigenvalue weighted by Crippen LogP contribution is 2.32. The van der Waals surface area contributed by atoms with Gasteiger partial charge in [0.1, 0.15) is 10.6 Å². The maximum Gasteiger partial charge on any atom is 0.343 e. The summed E-state index contributed by atoms with van der Waals surface area (Å²) in [4.78, 5) is 24.8. The third-order valence-corrected chi connectivity index (χ3v) is 5.22. The van der Waals surface area contributed by atoms with Crippen molar-refractivity contribution in [3.63, 3.8) is 0 Å². The Morgan fingerprint density at radius 2 is 1.74 bits per heavy atom. The standard InChI is InChI=1S/C20H27N3O3S/c1-11(2)14-8-7-9-15(12(3)4)18(14)22-16(24)10-26-20(25)17-13(5)23-27-19(17)21-6/h7-9,11-12,21H,10H2,1-6H3,(H,22,24). The van der Waals surface area contributed by atoms with Gasteiger partial charge in [0.2, 0.25) is 0 Å². The smallest absolute Gasteiger partial charge is 0.343 e. The fourth-order valence-corrected chi connectivity index (χ4v) is 3.59. The molecule has 0 bridgehead atoms. The van der Waals surface area contributed by atoms with Crippen molar-refractivity contribution >= 4 is 34.1 Å². The predicted molar refractivity (Wildman–Crippen MR) is 110 cm³/mol. The van der Waals surface area contributed by atoms with E-state index in [1.54, 1.807) is 14.0 Å². The van der Waals surface area contributed by atoms with Crippen molar-refractivity contribution in [2.75, 3.05) is 24.3 Å². The van der Waals surface area contributed by atoms with Crippen LogP contribution in [0.1, 0.15) is 66.7 Å². The van der Waals surface area contributed by atoms with E-state index in [0.29, 0.717) is 16.3 Å². The normalized spacial score (nSPS) is 11.0. The molecule has 0 unspecified atom stereocenters. The lowest BCUT2D eigenvalue weighted by atomic mass is 9.92.